The molecule has 110 valence electrons. The van der Waals surface area contributed by atoms with Crippen molar-refractivity contribution in [1.82, 2.24) is 5.48 Å². The van der Waals surface area contributed by atoms with Crippen LogP contribution in [0.25, 0.3) is 0 Å². The molecule has 0 spiro atoms. The fourth-order valence-electron chi connectivity index (χ4n) is 1.70. The molecule has 0 saturated heterocycles. The lowest BCUT2D eigenvalue weighted by Crippen LogP contribution is -2.20. The molecule has 2 aromatic rings. The summed E-state index contributed by atoms with van der Waals surface area (Å²) in [5.41, 5.74) is 10.1. The van der Waals surface area contributed by atoms with Gasteiger partial charge < -0.3 is 10.5 Å². The molecule has 5 heteroatoms. The summed E-state index contributed by atoms with van der Waals surface area (Å²) in [6.07, 6.45) is 0. The van der Waals surface area contributed by atoms with Gasteiger partial charge in [0.1, 0.15) is 5.75 Å². The van der Waals surface area contributed by atoms with Gasteiger partial charge in [0.15, 0.2) is 6.61 Å². The van der Waals surface area contributed by atoms with Gasteiger partial charge in [-0.25, -0.2) is 0 Å². The number of carbonyl (C=O) groups excluding carboxylic acids is 1. The number of amides is 1. The molecule has 0 radical (unpaired) electrons. The van der Waals surface area contributed by atoms with Crippen LogP contribution in [0.1, 0.15) is 11.1 Å². The van der Waals surface area contributed by atoms with Crippen LogP contribution in [0.4, 0.5) is 0 Å². The second kappa shape index (κ2) is 8.04. The molecule has 1 amide bonds. The normalized spacial score (nSPS) is 10.3. The number of rotatable bonds is 8. The minimum Gasteiger partial charge on any atom is -0.484 e. The van der Waals surface area contributed by atoms with Gasteiger partial charge in [-0.2, -0.15) is 5.48 Å². The quantitative estimate of drug-likeness (QED) is 0.573. The average Bonchev–Trinajstić information content (AvgIpc) is 2.52. The minimum absolute atomic E-state index is 0.113. The van der Waals surface area contributed by atoms with Crippen molar-refractivity contribution >= 4 is 5.91 Å². The first-order chi connectivity index (χ1) is 10.2. The highest BCUT2D eigenvalue weighted by Crippen LogP contribution is 2.12. The molecule has 0 unspecified atom stereocenters. The summed E-state index contributed by atoms with van der Waals surface area (Å²) in [6, 6.07) is 17.3. The van der Waals surface area contributed by atoms with E-state index in [1.165, 1.54) is 0 Å². The van der Waals surface area contributed by atoms with Crippen LogP contribution in [0, 0.1) is 0 Å². The minimum atomic E-state index is -0.491. The van der Waals surface area contributed by atoms with E-state index in [9.17, 15) is 4.79 Å². The Bertz CT molecular complexity index is 555. The first kappa shape index (κ1) is 15.0. The van der Waals surface area contributed by atoms with E-state index in [4.69, 9.17) is 15.3 Å². The van der Waals surface area contributed by atoms with Crippen molar-refractivity contribution in [2.75, 3.05) is 6.61 Å². The van der Waals surface area contributed by atoms with Gasteiger partial charge in [-0.3, -0.25) is 9.63 Å². The molecule has 2 aromatic carbocycles. The third kappa shape index (κ3) is 5.64. The maximum atomic E-state index is 10.6. The smallest absolute Gasteiger partial charge is 0.255 e. The van der Waals surface area contributed by atoms with Crippen LogP contribution in [-0.4, -0.2) is 12.5 Å². The SMILES string of the molecule is NC(=O)COc1ccc(CNOCc2ccccc2)cc1. The Hall–Kier alpha value is -2.37. The fraction of sp³-hybridized carbons (Fsp3) is 0.188. The molecule has 3 N–H and O–H groups in total. The lowest BCUT2D eigenvalue weighted by Gasteiger charge is -2.07. The van der Waals surface area contributed by atoms with E-state index in [1.807, 2.05) is 42.5 Å². The van der Waals surface area contributed by atoms with Gasteiger partial charge in [-0.15, -0.1) is 0 Å². The third-order valence-electron chi connectivity index (χ3n) is 2.76. The second-order valence-corrected chi connectivity index (χ2v) is 4.49. The van der Waals surface area contributed by atoms with E-state index in [-0.39, 0.29) is 6.61 Å². The van der Waals surface area contributed by atoms with E-state index < -0.39 is 5.91 Å². The molecule has 0 aliphatic rings. The zero-order chi connectivity index (χ0) is 14.9. The van der Waals surface area contributed by atoms with Gasteiger partial charge in [0.05, 0.1) is 6.61 Å². The van der Waals surface area contributed by atoms with Gasteiger partial charge in [0, 0.05) is 6.54 Å². The highest BCUT2D eigenvalue weighted by molar-refractivity contribution is 5.75. The van der Waals surface area contributed by atoms with Crippen LogP contribution in [-0.2, 0) is 22.8 Å². The maximum Gasteiger partial charge on any atom is 0.255 e. The Kier molecular flexibility index (Phi) is 5.75. The zero-order valence-corrected chi connectivity index (χ0v) is 11.6. The molecular weight excluding hydrogens is 268 g/mol. The lowest BCUT2D eigenvalue weighted by atomic mass is 10.2. The second-order valence-electron chi connectivity index (χ2n) is 4.49. The van der Waals surface area contributed by atoms with Crippen LogP contribution in [0.5, 0.6) is 5.75 Å². The highest BCUT2D eigenvalue weighted by Gasteiger charge is 1.98. The van der Waals surface area contributed by atoms with Crippen LogP contribution in [0.2, 0.25) is 0 Å². The summed E-state index contributed by atoms with van der Waals surface area (Å²) >= 11 is 0. The molecule has 0 heterocycles. The van der Waals surface area contributed by atoms with Gasteiger partial charge in [0.2, 0.25) is 0 Å². The number of primary amides is 1. The number of nitrogens with two attached hydrogens (primary N) is 1. The van der Waals surface area contributed by atoms with E-state index in [1.54, 1.807) is 12.1 Å². The molecular formula is C16H18N2O3. The van der Waals surface area contributed by atoms with Crippen LogP contribution in [0.3, 0.4) is 0 Å². The van der Waals surface area contributed by atoms with Crippen molar-refractivity contribution in [1.29, 1.82) is 0 Å². The highest BCUT2D eigenvalue weighted by atomic mass is 16.6. The van der Waals surface area contributed by atoms with Crippen molar-refractivity contribution in [3.8, 4) is 5.75 Å². The van der Waals surface area contributed by atoms with Crippen LogP contribution >= 0.6 is 0 Å². The van der Waals surface area contributed by atoms with E-state index >= 15 is 0 Å². The molecule has 2 rings (SSSR count). The molecule has 0 aliphatic carbocycles. The third-order valence-corrected chi connectivity index (χ3v) is 2.76. The Labute approximate surface area is 123 Å². The summed E-state index contributed by atoms with van der Waals surface area (Å²) in [7, 11) is 0. The first-order valence-corrected chi connectivity index (χ1v) is 6.62. The predicted octanol–water partition coefficient (Wildman–Crippen LogP) is 1.77. The van der Waals surface area contributed by atoms with Gasteiger partial charge in [-0.1, -0.05) is 42.5 Å². The van der Waals surface area contributed by atoms with Crippen molar-refractivity contribution < 1.29 is 14.4 Å². The van der Waals surface area contributed by atoms with Gasteiger partial charge in [-0.05, 0) is 23.3 Å². The average molecular weight is 286 g/mol. The van der Waals surface area contributed by atoms with Crippen molar-refractivity contribution in [3.63, 3.8) is 0 Å². The maximum absolute atomic E-state index is 10.6. The first-order valence-electron chi connectivity index (χ1n) is 6.62. The van der Waals surface area contributed by atoms with Gasteiger partial charge in [0.25, 0.3) is 5.91 Å². The van der Waals surface area contributed by atoms with E-state index in [0.717, 1.165) is 11.1 Å². The number of hydroxylamine groups is 1. The zero-order valence-electron chi connectivity index (χ0n) is 11.6. The summed E-state index contributed by atoms with van der Waals surface area (Å²) in [6.45, 7) is 0.987. The van der Waals surface area contributed by atoms with Crippen molar-refractivity contribution in [2.45, 2.75) is 13.2 Å². The lowest BCUT2D eigenvalue weighted by molar-refractivity contribution is -0.119. The van der Waals surface area contributed by atoms with Crippen LogP contribution < -0.4 is 16.0 Å². The summed E-state index contributed by atoms with van der Waals surface area (Å²) in [5.74, 6) is 0.123. The largest absolute Gasteiger partial charge is 0.484 e. The summed E-state index contributed by atoms with van der Waals surface area (Å²) in [4.78, 5) is 16.0. The molecule has 0 bridgehead atoms. The molecule has 0 fully saturated rings. The summed E-state index contributed by atoms with van der Waals surface area (Å²) in [5, 5.41) is 0. The monoisotopic (exact) mass is 286 g/mol. The van der Waals surface area contributed by atoms with Crippen LogP contribution in [0.15, 0.2) is 54.6 Å². The van der Waals surface area contributed by atoms with Crippen molar-refractivity contribution in [2.24, 2.45) is 5.73 Å². The molecule has 21 heavy (non-hydrogen) atoms. The van der Waals surface area contributed by atoms with Crippen molar-refractivity contribution in [3.05, 3.63) is 65.7 Å². The predicted molar refractivity (Wildman–Crippen MR) is 79.2 cm³/mol. The fourth-order valence-corrected chi connectivity index (χ4v) is 1.70. The molecule has 0 atom stereocenters. The van der Waals surface area contributed by atoms with Gasteiger partial charge >= 0.3 is 0 Å². The molecule has 0 aliphatic heterocycles. The number of hydrogen-bond donors (Lipinski definition) is 2. The Balaban J connectivity index is 1.70. The number of carbonyl (C=O) groups is 1. The van der Waals surface area contributed by atoms with E-state index in [2.05, 4.69) is 5.48 Å². The Morgan fingerprint density at radius 3 is 2.38 bits per heavy atom. The number of hydrogen-bond acceptors (Lipinski definition) is 4. The molecule has 0 aromatic heterocycles. The van der Waals surface area contributed by atoms with E-state index in [0.29, 0.717) is 18.9 Å². The number of nitrogens with one attached hydrogen (secondary N) is 1. The number of ether oxygens (including phenoxy) is 1. The number of benzene rings is 2. The Morgan fingerprint density at radius 2 is 1.71 bits per heavy atom. The standard InChI is InChI=1S/C16H18N2O3/c17-16(19)12-20-15-8-6-13(7-9-15)10-18-21-11-14-4-2-1-3-5-14/h1-9,18H,10-12H2,(H2,17,19). The molecule has 5 nitrogen and oxygen atoms in total. The summed E-state index contributed by atoms with van der Waals surface area (Å²) < 4.78 is 5.18. The molecule has 0 saturated carbocycles. The Morgan fingerprint density at radius 1 is 1.00 bits per heavy atom. The topological polar surface area (TPSA) is 73.6 Å².